The van der Waals surface area contributed by atoms with Crippen LogP contribution in [0.15, 0.2) is 39.4 Å². The van der Waals surface area contributed by atoms with Gasteiger partial charge in [0.05, 0.1) is 14.6 Å². The summed E-state index contributed by atoms with van der Waals surface area (Å²) in [6, 6.07) is 8.94. The predicted octanol–water partition coefficient (Wildman–Crippen LogP) is 3.63. The molecule has 3 N–H and O–H groups in total. The highest BCUT2D eigenvalue weighted by atomic mass is 79.9. The summed E-state index contributed by atoms with van der Waals surface area (Å²) < 4.78 is 1.57. The number of rotatable bonds is 5. The Hall–Kier alpha value is -1.64. The first-order valence-electron chi connectivity index (χ1n) is 8.32. The van der Waals surface area contributed by atoms with Gasteiger partial charge in [0.15, 0.2) is 0 Å². The first-order chi connectivity index (χ1) is 12.4. The van der Waals surface area contributed by atoms with Crippen LogP contribution in [0.2, 0.25) is 0 Å². The summed E-state index contributed by atoms with van der Waals surface area (Å²) in [5.41, 5.74) is 1.83. The number of nitrogens with zero attached hydrogens (tertiary/aromatic N) is 1. The van der Waals surface area contributed by atoms with E-state index in [4.69, 9.17) is 5.11 Å². The van der Waals surface area contributed by atoms with E-state index in [9.17, 15) is 9.59 Å². The molecular weight excluding hydrogens is 466 g/mol. The molecule has 0 radical (unpaired) electrons. The lowest BCUT2D eigenvalue weighted by Gasteiger charge is -2.32. The third-order valence-corrected chi connectivity index (χ3v) is 6.26. The van der Waals surface area contributed by atoms with Gasteiger partial charge in [-0.05, 0) is 68.5 Å². The number of likely N-dealkylation sites (tertiary alicyclic amines) is 1. The fourth-order valence-corrected chi connectivity index (χ4v) is 3.74. The van der Waals surface area contributed by atoms with E-state index in [1.807, 2.05) is 6.07 Å². The number of amides is 1. The summed E-state index contributed by atoms with van der Waals surface area (Å²) in [5.74, 6) is -1.01. The van der Waals surface area contributed by atoms with Crippen molar-refractivity contribution in [1.82, 2.24) is 15.2 Å². The maximum absolute atomic E-state index is 12.3. The largest absolute Gasteiger partial charge is 0.478 e. The van der Waals surface area contributed by atoms with E-state index in [1.165, 1.54) is 0 Å². The van der Waals surface area contributed by atoms with Crippen LogP contribution in [-0.2, 0) is 6.54 Å². The van der Waals surface area contributed by atoms with Crippen LogP contribution in [0.25, 0.3) is 0 Å². The maximum Gasteiger partial charge on any atom is 0.335 e. The van der Waals surface area contributed by atoms with E-state index >= 15 is 0 Å². The zero-order chi connectivity index (χ0) is 18.7. The van der Waals surface area contributed by atoms with Gasteiger partial charge < -0.3 is 15.4 Å². The number of aromatic nitrogens is 1. The first-order valence-corrected chi connectivity index (χ1v) is 9.90. The van der Waals surface area contributed by atoms with E-state index < -0.39 is 5.97 Å². The van der Waals surface area contributed by atoms with Crippen molar-refractivity contribution in [2.45, 2.75) is 25.4 Å². The van der Waals surface area contributed by atoms with Gasteiger partial charge in [0.1, 0.15) is 5.69 Å². The molecule has 1 aromatic carbocycles. The summed E-state index contributed by atoms with van der Waals surface area (Å²) >= 11 is 6.70. The molecule has 1 aromatic heterocycles. The summed E-state index contributed by atoms with van der Waals surface area (Å²) in [6.07, 6.45) is 1.74. The van der Waals surface area contributed by atoms with Gasteiger partial charge in [0.2, 0.25) is 0 Å². The minimum atomic E-state index is -0.907. The van der Waals surface area contributed by atoms with Gasteiger partial charge in [-0.2, -0.15) is 0 Å². The summed E-state index contributed by atoms with van der Waals surface area (Å²) in [7, 11) is 0. The van der Waals surface area contributed by atoms with Gasteiger partial charge in [-0.15, -0.1) is 0 Å². The molecule has 0 spiro atoms. The van der Waals surface area contributed by atoms with Gasteiger partial charge in [-0.25, -0.2) is 4.79 Å². The van der Waals surface area contributed by atoms with Crippen molar-refractivity contribution in [3.63, 3.8) is 0 Å². The number of nitrogens with one attached hydrogen (secondary N) is 2. The Morgan fingerprint density at radius 3 is 2.58 bits per heavy atom. The third-order valence-electron chi connectivity index (χ3n) is 4.47. The van der Waals surface area contributed by atoms with Gasteiger partial charge in [-0.1, -0.05) is 12.1 Å². The van der Waals surface area contributed by atoms with Crippen LogP contribution in [-0.4, -0.2) is 46.0 Å². The zero-order valence-corrected chi connectivity index (χ0v) is 17.1. The highest BCUT2D eigenvalue weighted by molar-refractivity contribution is 9.13. The van der Waals surface area contributed by atoms with Crippen molar-refractivity contribution in [3.05, 3.63) is 56.2 Å². The molecule has 6 nitrogen and oxygen atoms in total. The fraction of sp³-hybridized carbons (Fsp3) is 0.333. The number of benzene rings is 1. The van der Waals surface area contributed by atoms with Crippen LogP contribution in [0, 0.1) is 0 Å². The molecule has 138 valence electrons. The van der Waals surface area contributed by atoms with Crippen molar-refractivity contribution >= 4 is 43.7 Å². The van der Waals surface area contributed by atoms with E-state index in [1.54, 1.807) is 24.3 Å². The lowest BCUT2D eigenvalue weighted by atomic mass is 10.0. The second-order valence-electron chi connectivity index (χ2n) is 6.37. The third kappa shape index (κ3) is 4.75. The standard InChI is InChI=1S/C18H19Br2N3O3/c19-14-9-15(22-16(14)20)17(24)21-13-4-6-23(7-5-13)10-11-2-1-3-12(8-11)18(25)26/h1-3,8-9,13,22H,4-7,10H2,(H,21,24)(H,25,26). The van der Waals surface area contributed by atoms with Gasteiger partial charge in [-0.3, -0.25) is 9.69 Å². The maximum atomic E-state index is 12.3. The highest BCUT2D eigenvalue weighted by Gasteiger charge is 2.22. The Bertz CT molecular complexity index is 794. The first kappa shape index (κ1) is 19.1. The normalized spacial score (nSPS) is 15.8. The van der Waals surface area contributed by atoms with Crippen LogP contribution in [0.5, 0.6) is 0 Å². The molecule has 1 amide bonds. The van der Waals surface area contributed by atoms with Crippen molar-refractivity contribution in [3.8, 4) is 0 Å². The SMILES string of the molecule is O=C(O)c1cccc(CN2CCC(NC(=O)c3cc(Br)c(Br)[nH]3)CC2)c1. The lowest BCUT2D eigenvalue weighted by Crippen LogP contribution is -2.44. The molecule has 1 aliphatic heterocycles. The number of carbonyl (C=O) groups is 2. The number of hydrogen-bond acceptors (Lipinski definition) is 3. The average Bonchev–Trinajstić information content (AvgIpc) is 2.96. The molecule has 26 heavy (non-hydrogen) atoms. The average molecular weight is 485 g/mol. The van der Waals surface area contributed by atoms with Gasteiger partial charge in [0, 0.05) is 25.7 Å². The van der Waals surface area contributed by atoms with Crippen LogP contribution in [0.4, 0.5) is 0 Å². The minimum absolute atomic E-state index is 0.107. The number of carboxylic acids is 1. The lowest BCUT2D eigenvalue weighted by molar-refractivity contribution is 0.0696. The molecule has 2 aromatic rings. The summed E-state index contributed by atoms with van der Waals surface area (Å²) in [6.45, 7) is 2.44. The number of carbonyl (C=O) groups excluding carboxylic acids is 1. The molecule has 1 saturated heterocycles. The van der Waals surface area contributed by atoms with E-state index in [-0.39, 0.29) is 11.9 Å². The van der Waals surface area contributed by atoms with Gasteiger partial charge in [0.25, 0.3) is 5.91 Å². The Morgan fingerprint density at radius 1 is 1.23 bits per heavy atom. The Balaban J connectivity index is 1.50. The zero-order valence-electron chi connectivity index (χ0n) is 14.0. The molecule has 8 heteroatoms. The Morgan fingerprint density at radius 2 is 1.96 bits per heavy atom. The molecule has 0 atom stereocenters. The molecule has 1 fully saturated rings. The molecule has 0 aliphatic carbocycles. The Labute approximate surface area is 168 Å². The number of hydrogen-bond donors (Lipinski definition) is 3. The predicted molar refractivity (Wildman–Crippen MR) is 105 cm³/mol. The smallest absolute Gasteiger partial charge is 0.335 e. The molecular formula is C18H19Br2N3O3. The van der Waals surface area contributed by atoms with Crippen molar-refractivity contribution in [2.75, 3.05) is 13.1 Å². The second-order valence-corrected chi connectivity index (χ2v) is 8.02. The fourth-order valence-electron chi connectivity index (χ4n) is 3.09. The highest BCUT2D eigenvalue weighted by Crippen LogP contribution is 2.23. The van der Waals surface area contributed by atoms with Crippen LogP contribution in [0.3, 0.4) is 0 Å². The number of halogens is 2. The van der Waals surface area contributed by atoms with Crippen LogP contribution < -0.4 is 5.32 Å². The van der Waals surface area contributed by atoms with Crippen molar-refractivity contribution in [2.24, 2.45) is 0 Å². The summed E-state index contributed by atoms with van der Waals surface area (Å²) in [5, 5.41) is 12.2. The molecule has 0 bridgehead atoms. The van der Waals surface area contributed by atoms with E-state index in [2.05, 4.69) is 47.1 Å². The number of carboxylic acid groups (broad SMARTS) is 1. The Kier molecular flexibility index (Phi) is 6.16. The van der Waals surface area contributed by atoms with Crippen molar-refractivity contribution in [1.29, 1.82) is 0 Å². The van der Waals surface area contributed by atoms with Crippen molar-refractivity contribution < 1.29 is 14.7 Å². The quantitative estimate of drug-likeness (QED) is 0.604. The summed E-state index contributed by atoms with van der Waals surface area (Å²) in [4.78, 5) is 28.6. The second kappa shape index (κ2) is 8.37. The number of aromatic amines is 1. The topological polar surface area (TPSA) is 85.4 Å². The monoisotopic (exact) mass is 483 g/mol. The number of aromatic carboxylic acids is 1. The van der Waals surface area contributed by atoms with Crippen LogP contribution in [0.1, 0.15) is 39.3 Å². The molecule has 2 heterocycles. The van der Waals surface area contributed by atoms with Crippen LogP contribution >= 0.6 is 31.9 Å². The van der Waals surface area contributed by atoms with E-state index in [0.717, 1.165) is 47.1 Å². The molecule has 3 rings (SSSR count). The molecule has 1 aliphatic rings. The number of H-pyrrole nitrogens is 1. The number of piperidine rings is 1. The minimum Gasteiger partial charge on any atom is -0.478 e. The molecule has 0 unspecified atom stereocenters. The van der Waals surface area contributed by atoms with E-state index in [0.29, 0.717) is 11.3 Å². The molecule has 0 saturated carbocycles. The van der Waals surface area contributed by atoms with Gasteiger partial charge >= 0.3 is 5.97 Å².